The lowest BCUT2D eigenvalue weighted by Crippen LogP contribution is -2.43. The molecule has 1 N–H and O–H groups in total. The third-order valence-corrected chi connectivity index (χ3v) is 8.19. The van der Waals surface area contributed by atoms with E-state index in [1.165, 1.54) is 0 Å². The standard InChI is InChI=1S/C19H44FNO4Si3/c1-9-10-12-17(20)15-16(2)23-18(22)21-13-11-14-26-19(24-27(3,4)5)25-28(6,7)8/h16-17,19H,9-15,26H2,1-8H3,(H,21,22). The molecule has 0 aliphatic rings. The largest absolute Gasteiger partial charge is 0.446 e. The van der Waals surface area contributed by atoms with Gasteiger partial charge >= 0.3 is 6.09 Å². The molecule has 0 aromatic rings. The summed E-state index contributed by atoms with van der Waals surface area (Å²) >= 11 is 0. The Labute approximate surface area is 176 Å². The zero-order valence-corrected chi connectivity index (χ0v) is 22.8. The highest BCUT2D eigenvalue weighted by molar-refractivity contribution is 6.71. The fourth-order valence-corrected chi connectivity index (χ4v) is 9.32. The van der Waals surface area contributed by atoms with Crippen LogP contribution >= 0.6 is 0 Å². The molecule has 9 heteroatoms. The van der Waals surface area contributed by atoms with Crippen LogP contribution in [0.1, 0.15) is 46.0 Å². The molecular formula is C19H44FNO4Si3. The maximum Gasteiger partial charge on any atom is 0.407 e. The van der Waals surface area contributed by atoms with E-state index in [0.717, 1.165) is 25.3 Å². The van der Waals surface area contributed by atoms with Gasteiger partial charge in [0, 0.05) is 13.0 Å². The highest BCUT2D eigenvalue weighted by atomic mass is 28.4. The first kappa shape index (κ1) is 27.8. The van der Waals surface area contributed by atoms with Crippen LogP contribution in [0.15, 0.2) is 0 Å². The minimum absolute atomic E-state index is 0.0186. The Morgan fingerprint density at radius 1 is 1.07 bits per heavy atom. The molecule has 1 amide bonds. The zero-order valence-electron chi connectivity index (χ0n) is 19.4. The van der Waals surface area contributed by atoms with Gasteiger partial charge in [0.2, 0.25) is 0 Å². The number of hydrogen-bond donors (Lipinski definition) is 1. The van der Waals surface area contributed by atoms with Crippen molar-refractivity contribution in [1.82, 2.24) is 5.32 Å². The lowest BCUT2D eigenvalue weighted by molar-refractivity contribution is 0.0605. The number of carbonyl (C=O) groups is 1. The van der Waals surface area contributed by atoms with E-state index in [2.05, 4.69) is 44.6 Å². The van der Waals surface area contributed by atoms with Crippen molar-refractivity contribution in [2.75, 3.05) is 6.54 Å². The maximum atomic E-state index is 13.7. The number of alkyl carbamates (subject to hydrolysis) is 1. The Bertz CT molecular complexity index is 414. The summed E-state index contributed by atoms with van der Waals surface area (Å²) in [6.07, 6.45) is 1.79. The van der Waals surface area contributed by atoms with Crippen LogP contribution in [-0.4, -0.2) is 57.0 Å². The number of hydrogen-bond acceptors (Lipinski definition) is 4. The predicted molar refractivity (Wildman–Crippen MR) is 124 cm³/mol. The van der Waals surface area contributed by atoms with Crippen molar-refractivity contribution in [2.45, 2.75) is 109 Å². The van der Waals surface area contributed by atoms with Crippen LogP contribution in [0.4, 0.5) is 9.18 Å². The molecule has 2 unspecified atom stereocenters. The monoisotopic (exact) mass is 453 g/mol. The number of rotatable bonds is 15. The molecule has 2 atom stereocenters. The topological polar surface area (TPSA) is 56.8 Å². The van der Waals surface area contributed by atoms with E-state index in [4.69, 9.17) is 13.6 Å². The summed E-state index contributed by atoms with van der Waals surface area (Å²) in [5.41, 5.74) is 0. The summed E-state index contributed by atoms with van der Waals surface area (Å²) in [5, 5.41) is 2.77. The summed E-state index contributed by atoms with van der Waals surface area (Å²) < 4.78 is 31.4. The SMILES string of the molecule is CCCCC(F)CC(C)OC(=O)NCCC[SiH2]C(O[Si](C)(C)C)O[Si](C)(C)C. The summed E-state index contributed by atoms with van der Waals surface area (Å²) in [6.45, 7) is 17.5. The minimum atomic E-state index is -1.64. The van der Waals surface area contributed by atoms with Crippen LogP contribution in [0.3, 0.4) is 0 Å². The second-order valence-electron chi connectivity index (χ2n) is 9.50. The molecule has 0 bridgehead atoms. The van der Waals surface area contributed by atoms with Crippen LogP contribution in [0, 0.1) is 0 Å². The average Bonchev–Trinajstić information content (AvgIpc) is 2.49. The van der Waals surface area contributed by atoms with Gasteiger partial charge in [-0.1, -0.05) is 25.8 Å². The first-order valence-corrected chi connectivity index (χ1v) is 19.4. The molecule has 0 aromatic carbocycles. The van der Waals surface area contributed by atoms with E-state index in [-0.39, 0.29) is 12.3 Å². The van der Waals surface area contributed by atoms with Crippen molar-refractivity contribution in [3.63, 3.8) is 0 Å². The van der Waals surface area contributed by atoms with Crippen molar-refractivity contribution in [3.8, 4) is 0 Å². The lowest BCUT2D eigenvalue weighted by Gasteiger charge is -2.31. The van der Waals surface area contributed by atoms with E-state index in [0.29, 0.717) is 13.0 Å². The Morgan fingerprint density at radius 3 is 2.14 bits per heavy atom. The van der Waals surface area contributed by atoms with Gasteiger partial charge in [-0.25, -0.2) is 9.18 Å². The Morgan fingerprint density at radius 2 is 1.64 bits per heavy atom. The quantitative estimate of drug-likeness (QED) is 0.216. The average molecular weight is 454 g/mol. The Hall–Kier alpha value is -0.229. The molecule has 28 heavy (non-hydrogen) atoms. The van der Waals surface area contributed by atoms with Gasteiger partial charge in [-0.15, -0.1) is 0 Å². The minimum Gasteiger partial charge on any atom is -0.446 e. The van der Waals surface area contributed by atoms with Gasteiger partial charge in [-0.2, -0.15) is 0 Å². The molecular weight excluding hydrogens is 409 g/mol. The number of nitrogens with one attached hydrogen (secondary N) is 1. The number of carbonyl (C=O) groups excluding carboxylic acids is 1. The highest BCUT2D eigenvalue weighted by Crippen LogP contribution is 2.15. The third kappa shape index (κ3) is 17.8. The van der Waals surface area contributed by atoms with Crippen LogP contribution in [0.5, 0.6) is 0 Å². The number of halogens is 1. The number of unbranched alkanes of at least 4 members (excludes halogenated alkanes) is 1. The predicted octanol–water partition coefficient (Wildman–Crippen LogP) is 4.98. The normalized spacial score (nSPS) is 15.2. The smallest absolute Gasteiger partial charge is 0.407 e. The highest BCUT2D eigenvalue weighted by Gasteiger charge is 2.26. The first-order valence-electron chi connectivity index (χ1n) is 10.8. The Balaban J connectivity index is 4.06. The van der Waals surface area contributed by atoms with Gasteiger partial charge in [0.25, 0.3) is 0 Å². The molecule has 0 spiro atoms. The number of ether oxygens (including phenoxy) is 1. The molecule has 0 aromatic heterocycles. The number of amides is 1. The molecule has 0 fully saturated rings. The van der Waals surface area contributed by atoms with E-state index in [1.807, 2.05) is 6.92 Å². The van der Waals surface area contributed by atoms with Gasteiger partial charge in [0.1, 0.15) is 18.2 Å². The van der Waals surface area contributed by atoms with E-state index >= 15 is 0 Å². The van der Waals surface area contributed by atoms with Gasteiger partial charge in [-0.3, -0.25) is 0 Å². The maximum absolute atomic E-state index is 13.7. The van der Waals surface area contributed by atoms with Gasteiger partial charge < -0.3 is 18.9 Å². The molecule has 0 aliphatic carbocycles. The molecule has 0 heterocycles. The second-order valence-corrected chi connectivity index (χ2v) is 20.4. The summed E-state index contributed by atoms with van der Waals surface area (Å²) in [7, 11) is -3.81. The molecule has 0 rings (SSSR count). The summed E-state index contributed by atoms with van der Waals surface area (Å²) in [4.78, 5) is 11.8. The van der Waals surface area contributed by atoms with Crippen molar-refractivity contribution in [1.29, 1.82) is 0 Å². The molecule has 0 saturated heterocycles. The van der Waals surface area contributed by atoms with Crippen molar-refractivity contribution >= 4 is 32.2 Å². The third-order valence-electron chi connectivity index (χ3n) is 3.87. The van der Waals surface area contributed by atoms with E-state index in [9.17, 15) is 9.18 Å². The van der Waals surface area contributed by atoms with E-state index < -0.39 is 44.5 Å². The van der Waals surface area contributed by atoms with Crippen LogP contribution < -0.4 is 5.32 Å². The van der Waals surface area contributed by atoms with Gasteiger partial charge in [0.15, 0.2) is 16.6 Å². The molecule has 168 valence electrons. The first-order chi connectivity index (χ1) is 12.8. The molecule has 0 aliphatic heterocycles. The van der Waals surface area contributed by atoms with Crippen LogP contribution in [0.2, 0.25) is 45.3 Å². The zero-order chi connectivity index (χ0) is 21.8. The van der Waals surface area contributed by atoms with Crippen molar-refractivity contribution < 1.29 is 22.8 Å². The summed E-state index contributed by atoms with van der Waals surface area (Å²) in [5.74, 6) is -0.0186. The second kappa shape index (κ2) is 13.9. The van der Waals surface area contributed by atoms with Crippen molar-refractivity contribution in [2.24, 2.45) is 0 Å². The van der Waals surface area contributed by atoms with Gasteiger partial charge in [0.05, 0.1) is 9.52 Å². The fraction of sp³-hybridized carbons (Fsp3) is 0.947. The van der Waals surface area contributed by atoms with Crippen LogP contribution in [-0.2, 0) is 13.6 Å². The summed E-state index contributed by atoms with van der Waals surface area (Å²) in [6, 6.07) is 1.04. The fourth-order valence-electron chi connectivity index (χ4n) is 2.73. The van der Waals surface area contributed by atoms with Crippen LogP contribution in [0.25, 0.3) is 0 Å². The van der Waals surface area contributed by atoms with E-state index in [1.54, 1.807) is 6.92 Å². The van der Waals surface area contributed by atoms with Crippen molar-refractivity contribution in [3.05, 3.63) is 0 Å². The lowest BCUT2D eigenvalue weighted by atomic mass is 10.1. The molecule has 5 nitrogen and oxygen atoms in total. The Kier molecular flexibility index (Phi) is 13.8. The number of alkyl halides is 1. The van der Waals surface area contributed by atoms with Gasteiger partial charge in [-0.05, 0) is 59.0 Å². The molecule has 0 radical (unpaired) electrons. The molecule has 0 saturated carbocycles.